The summed E-state index contributed by atoms with van der Waals surface area (Å²) in [5, 5.41) is -0.208. The summed E-state index contributed by atoms with van der Waals surface area (Å²) in [6.07, 6.45) is 0. The van der Waals surface area contributed by atoms with E-state index in [-0.39, 0.29) is 29.6 Å². The van der Waals surface area contributed by atoms with Gasteiger partial charge in [0, 0.05) is 0 Å². The minimum atomic E-state index is -4.54. The molecule has 0 aliphatic heterocycles. The predicted molar refractivity (Wildman–Crippen MR) is 48.6 cm³/mol. The van der Waals surface area contributed by atoms with E-state index in [1.165, 1.54) is 12.1 Å². The monoisotopic (exact) mass is 227 g/mol. The van der Waals surface area contributed by atoms with E-state index in [1.807, 2.05) is 0 Å². The van der Waals surface area contributed by atoms with Crippen LogP contribution in [0, 0.1) is 6.92 Å². The van der Waals surface area contributed by atoms with E-state index in [4.69, 9.17) is 17.3 Å². The molecule has 0 fully saturated rings. The molecular formula is C7H7ClLiNO3S. The molecule has 0 aliphatic rings. The second-order valence-electron chi connectivity index (χ2n) is 2.62. The van der Waals surface area contributed by atoms with E-state index in [0.29, 0.717) is 5.56 Å². The number of rotatable bonds is 1. The summed E-state index contributed by atoms with van der Waals surface area (Å²) in [5.41, 5.74) is 6.06. The maximum atomic E-state index is 10.7. The first-order valence-electron chi connectivity index (χ1n) is 3.34. The summed E-state index contributed by atoms with van der Waals surface area (Å²) in [6, 6.07) is 2.69. The van der Waals surface area contributed by atoms with Gasteiger partial charge in [0.1, 0.15) is 10.1 Å². The molecule has 1 rings (SSSR count). The minimum Gasteiger partial charge on any atom is -0.744 e. The molecule has 4 nitrogen and oxygen atoms in total. The minimum absolute atomic E-state index is 0. The number of halogens is 1. The van der Waals surface area contributed by atoms with Gasteiger partial charge >= 0.3 is 18.9 Å². The van der Waals surface area contributed by atoms with E-state index < -0.39 is 15.0 Å². The molecule has 2 N–H and O–H groups in total. The Kier molecular flexibility index (Phi) is 4.50. The molecule has 0 saturated carbocycles. The van der Waals surface area contributed by atoms with Crippen molar-refractivity contribution in [2.24, 2.45) is 0 Å². The molecule has 0 aromatic heterocycles. The summed E-state index contributed by atoms with van der Waals surface area (Å²) in [7, 11) is -4.54. The van der Waals surface area contributed by atoms with Crippen molar-refractivity contribution < 1.29 is 31.8 Å². The van der Waals surface area contributed by atoms with Crippen LogP contribution in [0.3, 0.4) is 0 Å². The van der Waals surface area contributed by atoms with Crippen LogP contribution in [0.5, 0.6) is 0 Å². The molecule has 0 spiro atoms. The summed E-state index contributed by atoms with van der Waals surface area (Å²) in [6.45, 7) is 1.63. The van der Waals surface area contributed by atoms with Crippen molar-refractivity contribution in [3.63, 3.8) is 0 Å². The van der Waals surface area contributed by atoms with Gasteiger partial charge in [0.15, 0.2) is 0 Å². The maximum Gasteiger partial charge on any atom is 1.00 e. The zero-order chi connectivity index (χ0) is 10.2. The third-order valence-corrected chi connectivity index (χ3v) is 2.88. The average Bonchev–Trinajstić information content (AvgIpc) is 1.94. The van der Waals surface area contributed by atoms with Crippen molar-refractivity contribution in [3.05, 3.63) is 22.7 Å². The van der Waals surface area contributed by atoms with Gasteiger partial charge in [-0.05, 0) is 24.6 Å². The van der Waals surface area contributed by atoms with E-state index in [1.54, 1.807) is 6.92 Å². The van der Waals surface area contributed by atoms with Crippen molar-refractivity contribution in [3.8, 4) is 0 Å². The fourth-order valence-corrected chi connectivity index (χ4v) is 2.00. The molecule has 0 amide bonds. The second-order valence-corrected chi connectivity index (χ2v) is 4.35. The van der Waals surface area contributed by atoms with Gasteiger partial charge in [0.05, 0.1) is 15.6 Å². The first-order chi connectivity index (χ1) is 5.82. The average molecular weight is 228 g/mol. The Labute approximate surface area is 99.4 Å². The molecule has 0 saturated heterocycles. The molecule has 0 aliphatic carbocycles. The van der Waals surface area contributed by atoms with Gasteiger partial charge in [0.2, 0.25) is 0 Å². The molecule has 0 atom stereocenters. The van der Waals surface area contributed by atoms with Crippen LogP contribution in [0.4, 0.5) is 5.69 Å². The van der Waals surface area contributed by atoms with E-state index >= 15 is 0 Å². The summed E-state index contributed by atoms with van der Waals surface area (Å²) in [5.74, 6) is 0. The van der Waals surface area contributed by atoms with Gasteiger partial charge in [-0.1, -0.05) is 11.6 Å². The van der Waals surface area contributed by atoms with Crippen LogP contribution >= 0.6 is 11.6 Å². The molecule has 7 heteroatoms. The molecular weight excluding hydrogens is 221 g/mol. The Hall–Kier alpha value is -0.183. The molecule has 14 heavy (non-hydrogen) atoms. The van der Waals surface area contributed by atoms with Crippen LogP contribution in [0.15, 0.2) is 17.0 Å². The third kappa shape index (κ3) is 2.91. The van der Waals surface area contributed by atoms with Gasteiger partial charge in [-0.25, -0.2) is 8.42 Å². The number of aryl methyl sites for hydroxylation is 1. The zero-order valence-electron chi connectivity index (χ0n) is 7.74. The first-order valence-corrected chi connectivity index (χ1v) is 5.12. The zero-order valence-corrected chi connectivity index (χ0v) is 9.32. The second kappa shape index (κ2) is 4.56. The molecule has 72 valence electrons. The Morgan fingerprint density at radius 1 is 1.43 bits per heavy atom. The Morgan fingerprint density at radius 2 is 1.93 bits per heavy atom. The molecule has 1 aromatic carbocycles. The van der Waals surface area contributed by atoms with Gasteiger partial charge < -0.3 is 10.3 Å². The SMILES string of the molecule is Cc1cc(N)c(Cl)c(S(=O)(=O)[O-])c1.[Li+]. The van der Waals surface area contributed by atoms with Crippen LogP contribution in [0.25, 0.3) is 0 Å². The van der Waals surface area contributed by atoms with E-state index in [2.05, 4.69) is 0 Å². The quantitative estimate of drug-likeness (QED) is 0.346. The molecule has 0 heterocycles. The number of nitrogens with two attached hydrogens (primary N) is 1. The topological polar surface area (TPSA) is 83.2 Å². The normalized spacial score (nSPS) is 10.8. The Morgan fingerprint density at radius 3 is 2.36 bits per heavy atom. The fraction of sp³-hybridized carbons (Fsp3) is 0.143. The van der Waals surface area contributed by atoms with Crippen LogP contribution in [-0.4, -0.2) is 13.0 Å². The van der Waals surface area contributed by atoms with Gasteiger partial charge in [-0.15, -0.1) is 0 Å². The van der Waals surface area contributed by atoms with Gasteiger partial charge in [-0.3, -0.25) is 0 Å². The van der Waals surface area contributed by atoms with Crippen molar-refractivity contribution in [1.29, 1.82) is 0 Å². The van der Waals surface area contributed by atoms with Crippen LogP contribution in [0.1, 0.15) is 5.56 Å². The largest absolute Gasteiger partial charge is 1.00 e. The van der Waals surface area contributed by atoms with Crippen molar-refractivity contribution in [2.45, 2.75) is 11.8 Å². The Balaban J connectivity index is 0.00000169. The number of anilines is 1. The molecule has 0 bridgehead atoms. The Bertz CT molecular complexity index is 446. The maximum absolute atomic E-state index is 10.7. The number of benzene rings is 1. The van der Waals surface area contributed by atoms with Gasteiger partial charge in [-0.2, -0.15) is 0 Å². The number of hydrogen-bond donors (Lipinski definition) is 1. The summed E-state index contributed by atoms with van der Waals surface area (Å²) in [4.78, 5) is -0.466. The fourth-order valence-electron chi connectivity index (χ4n) is 0.945. The van der Waals surface area contributed by atoms with E-state index in [0.717, 1.165) is 0 Å². The standard InChI is InChI=1S/C7H8ClNO3S.Li/c1-4-2-5(9)7(8)6(3-4)13(10,11)12;/h2-3H,9H2,1H3,(H,10,11,12);/q;+1/p-1. The van der Waals surface area contributed by atoms with E-state index in [9.17, 15) is 13.0 Å². The summed E-state index contributed by atoms with van der Waals surface area (Å²) >= 11 is 5.55. The molecule has 1 aromatic rings. The van der Waals surface area contributed by atoms with Crippen molar-refractivity contribution in [2.75, 3.05) is 5.73 Å². The number of hydrogen-bond acceptors (Lipinski definition) is 4. The molecule has 0 unspecified atom stereocenters. The summed E-state index contributed by atoms with van der Waals surface area (Å²) < 4.78 is 32.0. The number of nitrogen functional groups attached to an aromatic ring is 1. The predicted octanol–water partition coefficient (Wildman–Crippen LogP) is -1.86. The van der Waals surface area contributed by atoms with Crippen LogP contribution in [-0.2, 0) is 10.1 Å². The third-order valence-electron chi connectivity index (χ3n) is 1.48. The smallest absolute Gasteiger partial charge is 0.744 e. The molecule has 0 radical (unpaired) electrons. The van der Waals surface area contributed by atoms with Crippen molar-refractivity contribution >= 4 is 27.4 Å². The van der Waals surface area contributed by atoms with Crippen molar-refractivity contribution in [1.82, 2.24) is 0 Å². The van der Waals surface area contributed by atoms with Crippen LogP contribution in [0.2, 0.25) is 5.02 Å². The van der Waals surface area contributed by atoms with Gasteiger partial charge in [0.25, 0.3) is 0 Å². The van der Waals surface area contributed by atoms with Crippen LogP contribution < -0.4 is 24.6 Å². The first kappa shape index (κ1) is 13.8.